The van der Waals surface area contributed by atoms with Gasteiger partial charge < -0.3 is 10.4 Å². The van der Waals surface area contributed by atoms with E-state index in [9.17, 15) is 14.7 Å². The Bertz CT molecular complexity index is 867. The number of anilines is 1. The standard InChI is InChI=1S/C18H16Cl2N2O3S/c1-9(2)10-3-5-11(6-4-10)16(23)22-18(26)21-15-13(17(24)25)7-12(19)8-14(15)20/h3-9H,1-2H3,(H,24,25)(H2,21,22,23,26). The molecule has 5 nitrogen and oxygen atoms in total. The van der Waals surface area contributed by atoms with Crippen LogP contribution >= 0.6 is 35.4 Å². The molecule has 1 amide bonds. The summed E-state index contributed by atoms with van der Waals surface area (Å²) in [6, 6.07) is 9.76. The number of halogens is 2. The van der Waals surface area contributed by atoms with Gasteiger partial charge in [-0.05, 0) is 48.0 Å². The number of benzene rings is 2. The fourth-order valence-corrected chi connectivity index (χ4v) is 2.94. The number of aromatic carboxylic acids is 1. The fraction of sp³-hybridized carbons (Fsp3) is 0.167. The van der Waals surface area contributed by atoms with Crippen LogP contribution in [0.2, 0.25) is 10.0 Å². The Labute approximate surface area is 166 Å². The molecule has 0 fully saturated rings. The van der Waals surface area contributed by atoms with Gasteiger partial charge in [-0.1, -0.05) is 49.2 Å². The molecule has 0 heterocycles. The second kappa shape index (κ2) is 8.49. The molecule has 0 unspecified atom stereocenters. The summed E-state index contributed by atoms with van der Waals surface area (Å²) in [5, 5.41) is 14.6. The largest absolute Gasteiger partial charge is 0.478 e. The van der Waals surface area contributed by atoms with Crippen molar-refractivity contribution in [1.29, 1.82) is 0 Å². The maximum Gasteiger partial charge on any atom is 0.337 e. The lowest BCUT2D eigenvalue weighted by molar-refractivity contribution is 0.0697. The van der Waals surface area contributed by atoms with Gasteiger partial charge in [-0.25, -0.2) is 4.79 Å². The molecule has 2 rings (SSSR count). The minimum absolute atomic E-state index is 0.0593. The predicted octanol–water partition coefficient (Wildman–Crippen LogP) is 4.94. The Kier molecular flexibility index (Phi) is 6.58. The second-order valence-electron chi connectivity index (χ2n) is 5.80. The van der Waals surface area contributed by atoms with Gasteiger partial charge in [0.15, 0.2) is 5.11 Å². The molecule has 0 radical (unpaired) electrons. The molecule has 3 N–H and O–H groups in total. The van der Waals surface area contributed by atoms with E-state index in [1.54, 1.807) is 12.1 Å². The lowest BCUT2D eigenvalue weighted by Gasteiger charge is -2.14. The van der Waals surface area contributed by atoms with Crippen LogP contribution in [-0.2, 0) is 0 Å². The van der Waals surface area contributed by atoms with Gasteiger partial charge in [0.25, 0.3) is 5.91 Å². The highest BCUT2D eigenvalue weighted by Gasteiger charge is 2.17. The lowest BCUT2D eigenvalue weighted by atomic mass is 10.0. The molecule has 2 aromatic carbocycles. The van der Waals surface area contributed by atoms with Crippen LogP contribution in [-0.4, -0.2) is 22.1 Å². The Morgan fingerprint density at radius 3 is 2.27 bits per heavy atom. The highest BCUT2D eigenvalue weighted by atomic mass is 35.5. The summed E-state index contributed by atoms with van der Waals surface area (Å²) < 4.78 is 0. The van der Waals surface area contributed by atoms with E-state index in [4.69, 9.17) is 35.4 Å². The number of carboxylic acid groups (broad SMARTS) is 1. The zero-order valence-electron chi connectivity index (χ0n) is 14.0. The number of carboxylic acids is 1. The third kappa shape index (κ3) is 4.94. The number of thiocarbonyl (C=S) groups is 1. The van der Waals surface area contributed by atoms with Crippen molar-refractivity contribution >= 4 is 58.1 Å². The summed E-state index contributed by atoms with van der Waals surface area (Å²) in [6.07, 6.45) is 0. The fourth-order valence-electron chi connectivity index (χ4n) is 2.21. The van der Waals surface area contributed by atoms with Crippen LogP contribution in [0, 0.1) is 0 Å². The Hall–Kier alpha value is -2.15. The van der Waals surface area contributed by atoms with Gasteiger partial charge >= 0.3 is 5.97 Å². The van der Waals surface area contributed by atoms with E-state index in [2.05, 4.69) is 24.5 Å². The quantitative estimate of drug-likeness (QED) is 0.621. The number of nitrogens with one attached hydrogen (secondary N) is 2. The van der Waals surface area contributed by atoms with Crippen LogP contribution < -0.4 is 10.6 Å². The smallest absolute Gasteiger partial charge is 0.337 e. The Morgan fingerprint density at radius 1 is 1.12 bits per heavy atom. The third-order valence-corrected chi connectivity index (χ3v) is 4.31. The average molecular weight is 411 g/mol. The molecule has 0 aliphatic rings. The molecule has 0 spiro atoms. The molecule has 0 saturated carbocycles. The summed E-state index contributed by atoms with van der Waals surface area (Å²) in [5.74, 6) is -1.29. The van der Waals surface area contributed by atoms with Gasteiger partial charge in [0.1, 0.15) is 0 Å². The van der Waals surface area contributed by atoms with Crippen LogP contribution in [0.15, 0.2) is 36.4 Å². The molecule has 26 heavy (non-hydrogen) atoms. The van der Waals surface area contributed by atoms with Crippen LogP contribution in [0.1, 0.15) is 46.0 Å². The predicted molar refractivity (Wildman–Crippen MR) is 108 cm³/mol. The number of hydrogen-bond donors (Lipinski definition) is 3. The van der Waals surface area contributed by atoms with E-state index in [-0.39, 0.29) is 26.4 Å². The maximum atomic E-state index is 12.3. The zero-order chi connectivity index (χ0) is 19.4. The molecule has 136 valence electrons. The Morgan fingerprint density at radius 2 is 1.73 bits per heavy atom. The molecule has 2 aromatic rings. The second-order valence-corrected chi connectivity index (χ2v) is 7.05. The normalized spacial score (nSPS) is 10.5. The minimum atomic E-state index is -1.23. The number of rotatable bonds is 4. The first-order valence-corrected chi connectivity index (χ1v) is 8.80. The van der Waals surface area contributed by atoms with Gasteiger partial charge in [-0.15, -0.1) is 0 Å². The first-order chi connectivity index (χ1) is 12.2. The van der Waals surface area contributed by atoms with Crippen LogP contribution in [0.25, 0.3) is 0 Å². The van der Waals surface area contributed by atoms with E-state index in [0.29, 0.717) is 11.5 Å². The van der Waals surface area contributed by atoms with Crippen LogP contribution in [0.4, 0.5) is 5.69 Å². The summed E-state index contributed by atoms with van der Waals surface area (Å²) in [7, 11) is 0. The van der Waals surface area contributed by atoms with E-state index in [1.807, 2.05) is 12.1 Å². The van der Waals surface area contributed by atoms with Crippen molar-refractivity contribution in [2.75, 3.05) is 5.32 Å². The van der Waals surface area contributed by atoms with E-state index in [0.717, 1.165) is 5.56 Å². The first-order valence-electron chi connectivity index (χ1n) is 7.63. The summed E-state index contributed by atoms with van der Waals surface area (Å²) in [5.41, 5.74) is 1.45. The highest BCUT2D eigenvalue weighted by Crippen LogP contribution is 2.30. The molecule has 0 atom stereocenters. The number of carbonyl (C=O) groups is 2. The maximum absolute atomic E-state index is 12.3. The summed E-state index contributed by atoms with van der Waals surface area (Å²) >= 11 is 17.0. The number of hydrogen-bond acceptors (Lipinski definition) is 3. The van der Waals surface area contributed by atoms with Crippen molar-refractivity contribution < 1.29 is 14.7 Å². The number of amides is 1. The highest BCUT2D eigenvalue weighted by molar-refractivity contribution is 7.80. The van der Waals surface area contributed by atoms with E-state index < -0.39 is 11.9 Å². The summed E-state index contributed by atoms with van der Waals surface area (Å²) in [6.45, 7) is 4.12. The average Bonchev–Trinajstić information content (AvgIpc) is 2.56. The topological polar surface area (TPSA) is 78.4 Å². The van der Waals surface area contributed by atoms with Crippen molar-refractivity contribution in [3.8, 4) is 0 Å². The van der Waals surface area contributed by atoms with E-state index >= 15 is 0 Å². The minimum Gasteiger partial charge on any atom is -0.478 e. The molecule has 0 aliphatic carbocycles. The van der Waals surface area contributed by atoms with Gasteiger partial charge in [0.05, 0.1) is 16.3 Å². The van der Waals surface area contributed by atoms with Crippen molar-refractivity contribution in [2.24, 2.45) is 0 Å². The SMILES string of the molecule is CC(C)c1ccc(C(=O)NC(=S)Nc2c(Cl)cc(Cl)cc2C(=O)O)cc1. The van der Waals surface area contributed by atoms with Crippen molar-refractivity contribution in [1.82, 2.24) is 5.32 Å². The van der Waals surface area contributed by atoms with Gasteiger partial charge in [-0.3, -0.25) is 10.1 Å². The van der Waals surface area contributed by atoms with Gasteiger partial charge in [-0.2, -0.15) is 0 Å². The van der Waals surface area contributed by atoms with Crippen molar-refractivity contribution in [3.05, 3.63) is 63.1 Å². The molecule has 0 bridgehead atoms. The molecular weight excluding hydrogens is 395 g/mol. The van der Waals surface area contributed by atoms with Crippen molar-refractivity contribution in [2.45, 2.75) is 19.8 Å². The monoisotopic (exact) mass is 410 g/mol. The van der Waals surface area contributed by atoms with E-state index in [1.165, 1.54) is 12.1 Å². The molecule has 0 aliphatic heterocycles. The Balaban J connectivity index is 2.14. The number of carbonyl (C=O) groups excluding carboxylic acids is 1. The van der Waals surface area contributed by atoms with Crippen LogP contribution in [0.3, 0.4) is 0 Å². The molecular formula is C18H16Cl2N2O3S. The lowest BCUT2D eigenvalue weighted by Crippen LogP contribution is -2.34. The zero-order valence-corrected chi connectivity index (χ0v) is 16.3. The van der Waals surface area contributed by atoms with Gasteiger partial charge in [0.2, 0.25) is 0 Å². The van der Waals surface area contributed by atoms with Gasteiger partial charge in [0, 0.05) is 10.6 Å². The molecule has 0 saturated heterocycles. The van der Waals surface area contributed by atoms with Crippen molar-refractivity contribution in [3.63, 3.8) is 0 Å². The first kappa shape index (κ1) is 20.2. The van der Waals surface area contributed by atoms with Crippen LogP contribution in [0.5, 0.6) is 0 Å². The molecule has 8 heteroatoms. The summed E-state index contributed by atoms with van der Waals surface area (Å²) in [4.78, 5) is 23.6. The molecule has 0 aromatic heterocycles. The third-order valence-electron chi connectivity index (χ3n) is 3.59.